The SMILES string of the molecule is Cc1cc([C@@H](C)Oc2ccc(Cl)nc2-c2noc(=O)[nH]2)c2oc(-c3ccccc3)c(C)c(=O)c2c1. The molecule has 0 aliphatic rings. The van der Waals surface area contributed by atoms with Crippen molar-refractivity contribution in [2.24, 2.45) is 0 Å². The number of nitrogens with zero attached hydrogens (tertiary/aromatic N) is 2. The first kappa shape index (κ1) is 22.6. The monoisotopic (exact) mass is 489 g/mol. The van der Waals surface area contributed by atoms with E-state index in [-0.39, 0.29) is 22.1 Å². The van der Waals surface area contributed by atoms with E-state index in [1.165, 1.54) is 0 Å². The summed E-state index contributed by atoms with van der Waals surface area (Å²) >= 11 is 6.07. The van der Waals surface area contributed by atoms with Crippen molar-refractivity contribution in [3.05, 3.63) is 97.2 Å². The molecule has 0 spiro atoms. The summed E-state index contributed by atoms with van der Waals surface area (Å²) in [6, 6.07) is 16.4. The van der Waals surface area contributed by atoms with Crippen LogP contribution in [0.15, 0.2) is 73.1 Å². The number of pyridine rings is 1. The summed E-state index contributed by atoms with van der Waals surface area (Å²) in [5.41, 5.74) is 3.47. The first-order valence-electron chi connectivity index (χ1n) is 10.8. The predicted octanol–water partition coefficient (Wildman–Crippen LogP) is 5.61. The third-order valence-corrected chi connectivity index (χ3v) is 5.87. The van der Waals surface area contributed by atoms with Gasteiger partial charge in [0.1, 0.15) is 28.3 Å². The van der Waals surface area contributed by atoms with E-state index >= 15 is 0 Å². The van der Waals surface area contributed by atoms with Crippen LogP contribution in [0.4, 0.5) is 0 Å². The molecule has 3 aromatic heterocycles. The van der Waals surface area contributed by atoms with Crippen LogP contribution in [0.3, 0.4) is 0 Å². The van der Waals surface area contributed by atoms with Gasteiger partial charge in [-0.2, -0.15) is 0 Å². The van der Waals surface area contributed by atoms with Gasteiger partial charge in [0.25, 0.3) is 0 Å². The second-order valence-electron chi connectivity index (χ2n) is 8.17. The van der Waals surface area contributed by atoms with Crippen LogP contribution in [-0.4, -0.2) is 15.1 Å². The summed E-state index contributed by atoms with van der Waals surface area (Å²) in [6.07, 6.45) is -0.563. The third kappa shape index (κ3) is 4.24. The molecule has 8 nitrogen and oxygen atoms in total. The minimum Gasteiger partial charge on any atom is -0.483 e. The first-order valence-corrected chi connectivity index (χ1v) is 11.2. The van der Waals surface area contributed by atoms with Gasteiger partial charge in [-0.05, 0) is 50.6 Å². The second kappa shape index (κ2) is 8.88. The minimum atomic E-state index is -0.726. The van der Waals surface area contributed by atoms with Gasteiger partial charge in [-0.3, -0.25) is 14.3 Å². The van der Waals surface area contributed by atoms with Crippen molar-refractivity contribution in [1.82, 2.24) is 15.1 Å². The molecule has 2 aromatic carbocycles. The Bertz CT molecular complexity index is 1670. The Morgan fingerprint density at radius 2 is 1.83 bits per heavy atom. The zero-order valence-electron chi connectivity index (χ0n) is 19.1. The van der Waals surface area contributed by atoms with Gasteiger partial charge >= 0.3 is 5.76 Å². The molecule has 0 aliphatic heterocycles. The number of aromatic amines is 1. The summed E-state index contributed by atoms with van der Waals surface area (Å²) in [5, 5.41) is 4.36. The summed E-state index contributed by atoms with van der Waals surface area (Å²) in [6.45, 7) is 5.50. The van der Waals surface area contributed by atoms with Crippen LogP contribution < -0.4 is 15.9 Å². The highest BCUT2D eigenvalue weighted by Crippen LogP contribution is 2.35. The second-order valence-corrected chi connectivity index (χ2v) is 8.55. The van der Waals surface area contributed by atoms with Crippen molar-refractivity contribution in [2.75, 3.05) is 0 Å². The predicted molar refractivity (Wildman–Crippen MR) is 132 cm³/mol. The smallest absolute Gasteiger partial charge is 0.439 e. The number of aromatic nitrogens is 3. The zero-order valence-corrected chi connectivity index (χ0v) is 19.8. The van der Waals surface area contributed by atoms with Crippen molar-refractivity contribution >= 4 is 22.6 Å². The number of aryl methyl sites for hydroxylation is 1. The molecule has 0 aliphatic carbocycles. The molecule has 0 radical (unpaired) electrons. The Hall–Kier alpha value is -4.17. The van der Waals surface area contributed by atoms with Crippen LogP contribution in [0.2, 0.25) is 5.15 Å². The molecule has 5 rings (SSSR count). The largest absolute Gasteiger partial charge is 0.483 e. The zero-order chi connectivity index (χ0) is 24.7. The number of rotatable bonds is 5. The van der Waals surface area contributed by atoms with Crippen LogP contribution in [-0.2, 0) is 0 Å². The Labute approximate surface area is 204 Å². The average Bonchev–Trinajstić information content (AvgIpc) is 3.29. The summed E-state index contributed by atoms with van der Waals surface area (Å²) < 4.78 is 17.2. The van der Waals surface area contributed by atoms with E-state index in [0.717, 1.165) is 11.1 Å². The fourth-order valence-electron chi connectivity index (χ4n) is 4.01. The molecule has 0 saturated heterocycles. The van der Waals surface area contributed by atoms with Gasteiger partial charge < -0.3 is 9.15 Å². The van der Waals surface area contributed by atoms with Crippen LogP contribution >= 0.6 is 11.6 Å². The number of H-pyrrole nitrogens is 1. The lowest BCUT2D eigenvalue weighted by molar-refractivity contribution is 0.227. The maximum absolute atomic E-state index is 13.3. The molecular formula is C26H20ClN3O5. The molecular weight excluding hydrogens is 470 g/mol. The van der Waals surface area contributed by atoms with Crippen molar-refractivity contribution in [1.29, 1.82) is 0 Å². The topological polar surface area (TPSA) is 111 Å². The highest BCUT2D eigenvalue weighted by molar-refractivity contribution is 6.29. The quantitative estimate of drug-likeness (QED) is 0.319. The molecule has 5 aromatic rings. The molecule has 3 heterocycles. The van der Waals surface area contributed by atoms with Crippen molar-refractivity contribution in [3.8, 4) is 28.6 Å². The van der Waals surface area contributed by atoms with Crippen molar-refractivity contribution < 1.29 is 13.7 Å². The standard InChI is InChI=1S/C26H20ClN3O5/c1-13-11-17(15(3)33-19-9-10-20(27)28-21(19)25-29-26(32)35-30-25)24-18(12-13)22(31)14(2)23(34-24)16-7-5-4-6-8-16/h4-12,15H,1-3H3,(H,29,30,32)/t15-/m1/s1. The van der Waals surface area contributed by atoms with Crippen LogP contribution in [0.25, 0.3) is 33.8 Å². The van der Waals surface area contributed by atoms with Gasteiger partial charge in [-0.15, -0.1) is 0 Å². The van der Waals surface area contributed by atoms with E-state index < -0.39 is 11.9 Å². The maximum Gasteiger partial charge on any atom is 0.439 e. The van der Waals surface area contributed by atoms with E-state index in [0.29, 0.717) is 33.6 Å². The van der Waals surface area contributed by atoms with E-state index in [1.54, 1.807) is 19.1 Å². The lowest BCUT2D eigenvalue weighted by Gasteiger charge is -2.19. The van der Waals surface area contributed by atoms with Gasteiger partial charge in [-0.1, -0.05) is 47.1 Å². The molecule has 0 saturated carbocycles. The van der Waals surface area contributed by atoms with Crippen molar-refractivity contribution in [3.63, 3.8) is 0 Å². The third-order valence-electron chi connectivity index (χ3n) is 5.66. The van der Waals surface area contributed by atoms with Crippen LogP contribution in [0, 0.1) is 13.8 Å². The molecule has 0 amide bonds. The maximum atomic E-state index is 13.3. The van der Waals surface area contributed by atoms with Gasteiger partial charge in [0.15, 0.2) is 11.1 Å². The molecule has 0 bridgehead atoms. The van der Waals surface area contributed by atoms with Gasteiger partial charge in [0.2, 0.25) is 5.82 Å². The number of nitrogens with one attached hydrogen (secondary N) is 1. The van der Waals surface area contributed by atoms with Crippen molar-refractivity contribution in [2.45, 2.75) is 26.9 Å². The van der Waals surface area contributed by atoms with Gasteiger partial charge in [0, 0.05) is 16.7 Å². The molecule has 0 unspecified atom stereocenters. The Morgan fingerprint density at radius 3 is 2.54 bits per heavy atom. The fraction of sp³-hybridized carbons (Fsp3) is 0.154. The van der Waals surface area contributed by atoms with E-state index in [4.69, 9.17) is 20.8 Å². The minimum absolute atomic E-state index is 0.0855. The number of hydrogen-bond donors (Lipinski definition) is 1. The van der Waals surface area contributed by atoms with Gasteiger partial charge in [-0.25, -0.2) is 9.78 Å². The summed E-state index contributed by atoms with van der Waals surface area (Å²) in [5.74, 6) is 0.187. The highest BCUT2D eigenvalue weighted by Gasteiger charge is 2.22. The summed E-state index contributed by atoms with van der Waals surface area (Å²) in [4.78, 5) is 31.5. The van der Waals surface area contributed by atoms with Crippen LogP contribution in [0.5, 0.6) is 5.75 Å². The summed E-state index contributed by atoms with van der Waals surface area (Å²) in [7, 11) is 0. The van der Waals surface area contributed by atoms with E-state index in [1.807, 2.05) is 56.3 Å². The molecule has 35 heavy (non-hydrogen) atoms. The Balaban J connectivity index is 1.65. The Morgan fingerprint density at radius 1 is 1.06 bits per heavy atom. The van der Waals surface area contributed by atoms with Crippen LogP contribution in [0.1, 0.15) is 29.7 Å². The lowest BCUT2D eigenvalue weighted by Crippen LogP contribution is -2.11. The molecule has 9 heteroatoms. The fourth-order valence-corrected chi connectivity index (χ4v) is 4.16. The first-order chi connectivity index (χ1) is 16.8. The molecule has 1 atom stereocenters. The normalized spacial score (nSPS) is 12.1. The number of ether oxygens (including phenoxy) is 1. The molecule has 1 N–H and O–H groups in total. The number of fused-ring (bicyclic) bond motifs is 1. The molecule has 176 valence electrons. The number of hydrogen-bond acceptors (Lipinski definition) is 7. The lowest BCUT2D eigenvalue weighted by atomic mass is 10.00. The number of benzene rings is 2. The van der Waals surface area contributed by atoms with E-state index in [2.05, 4.69) is 19.6 Å². The average molecular weight is 490 g/mol. The Kier molecular flexibility index (Phi) is 5.74. The highest BCUT2D eigenvalue weighted by atomic mass is 35.5. The number of halogens is 1. The molecule has 0 fully saturated rings. The van der Waals surface area contributed by atoms with Gasteiger partial charge in [0.05, 0.1) is 5.39 Å². The van der Waals surface area contributed by atoms with E-state index in [9.17, 15) is 9.59 Å².